The highest BCUT2D eigenvalue weighted by Gasteiger charge is 2.09. The third kappa shape index (κ3) is 3.02. The van der Waals surface area contributed by atoms with Gasteiger partial charge in [-0.15, -0.1) is 0 Å². The fourth-order valence-corrected chi connectivity index (χ4v) is 2.39. The minimum absolute atomic E-state index is 0.0804. The standard InChI is InChI=1S/C18H18N2O2/c1-22-16-9-7-14(8-10-16)11-20-12-17(19-18(20)13-21)15-5-3-2-4-6-15/h2-10,12,21H,11,13H2,1H3. The van der Waals surface area contributed by atoms with Gasteiger partial charge in [0.25, 0.3) is 0 Å². The first-order valence-electron chi connectivity index (χ1n) is 7.15. The molecule has 22 heavy (non-hydrogen) atoms. The smallest absolute Gasteiger partial charge is 0.135 e. The number of aliphatic hydroxyl groups is 1. The Balaban J connectivity index is 1.88. The fraction of sp³-hybridized carbons (Fsp3) is 0.167. The maximum absolute atomic E-state index is 9.54. The predicted octanol–water partition coefficient (Wildman–Crippen LogP) is 3.10. The van der Waals surface area contributed by atoms with Crippen LogP contribution in [0.4, 0.5) is 0 Å². The van der Waals surface area contributed by atoms with E-state index in [0.717, 1.165) is 22.6 Å². The molecule has 0 radical (unpaired) electrons. The van der Waals surface area contributed by atoms with Gasteiger partial charge in [0.2, 0.25) is 0 Å². The molecule has 0 aliphatic rings. The summed E-state index contributed by atoms with van der Waals surface area (Å²) < 4.78 is 7.14. The Morgan fingerprint density at radius 2 is 1.77 bits per heavy atom. The Labute approximate surface area is 129 Å². The van der Waals surface area contributed by atoms with Crippen LogP contribution in [0.25, 0.3) is 11.3 Å². The minimum atomic E-state index is -0.0804. The van der Waals surface area contributed by atoms with Crippen molar-refractivity contribution in [2.45, 2.75) is 13.2 Å². The lowest BCUT2D eigenvalue weighted by Gasteiger charge is -2.07. The zero-order chi connectivity index (χ0) is 15.4. The van der Waals surface area contributed by atoms with Crippen LogP contribution in [0.5, 0.6) is 5.75 Å². The van der Waals surface area contributed by atoms with Crippen molar-refractivity contribution in [1.82, 2.24) is 9.55 Å². The molecule has 1 heterocycles. The molecule has 0 atom stereocenters. The molecule has 0 bridgehead atoms. The van der Waals surface area contributed by atoms with Crippen molar-refractivity contribution in [3.63, 3.8) is 0 Å². The number of methoxy groups -OCH3 is 1. The van der Waals surface area contributed by atoms with Crippen molar-refractivity contribution in [3.05, 3.63) is 72.2 Å². The summed E-state index contributed by atoms with van der Waals surface area (Å²) in [6, 6.07) is 17.9. The van der Waals surface area contributed by atoms with Gasteiger partial charge in [0.1, 0.15) is 18.2 Å². The van der Waals surface area contributed by atoms with Crippen LogP contribution < -0.4 is 4.74 Å². The van der Waals surface area contributed by atoms with Gasteiger partial charge in [-0.2, -0.15) is 0 Å². The molecule has 2 aromatic carbocycles. The van der Waals surface area contributed by atoms with Crippen LogP contribution >= 0.6 is 0 Å². The lowest BCUT2D eigenvalue weighted by molar-refractivity contribution is 0.266. The number of aliphatic hydroxyl groups excluding tert-OH is 1. The van der Waals surface area contributed by atoms with Crippen molar-refractivity contribution in [2.75, 3.05) is 7.11 Å². The van der Waals surface area contributed by atoms with Crippen molar-refractivity contribution in [1.29, 1.82) is 0 Å². The zero-order valence-electron chi connectivity index (χ0n) is 12.4. The number of benzene rings is 2. The second-order valence-corrected chi connectivity index (χ2v) is 5.04. The van der Waals surface area contributed by atoms with Gasteiger partial charge >= 0.3 is 0 Å². The average Bonchev–Trinajstić information content (AvgIpc) is 2.99. The van der Waals surface area contributed by atoms with E-state index >= 15 is 0 Å². The van der Waals surface area contributed by atoms with Crippen LogP contribution in [0.2, 0.25) is 0 Å². The van der Waals surface area contributed by atoms with Crippen LogP contribution in [0.15, 0.2) is 60.8 Å². The molecule has 0 saturated carbocycles. The number of ether oxygens (including phenoxy) is 1. The molecule has 1 aromatic heterocycles. The van der Waals surface area contributed by atoms with Crippen LogP contribution in [0.1, 0.15) is 11.4 Å². The van der Waals surface area contributed by atoms with E-state index in [2.05, 4.69) is 4.98 Å². The average molecular weight is 294 g/mol. The maximum atomic E-state index is 9.54. The summed E-state index contributed by atoms with van der Waals surface area (Å²) in [7, 11) is 1.65. The third-order valence-corrected chi connectivity index (χ3v) is 3.58. The topological polar surface area (TPSA) is 47.3 Å². The molecular formula is C18H18N2O2. The van der Waals surface area contributed by atoms with Gasteiger partial charge in [-0.1, -0.05) is 42.5 Å². The summed E-state index contributed by atoms with van der Waals surface area (Å²) in [5.41, 5.74) is 3.05. The summed E-state index contributed by atoms with van der Waals surface area (Å²) in [6.07, 6.45) is 1.98. The summed E-state index contributed by atoms with van der Waals surface area (Å²) in [4.78, 5) is 4.52. The number of nitrogens with zero attached hydrogens (tertiary/aromatic N) is 2. The number of hydrogen-bond donors (Lipinski definition) is 1. The van der Waals surface area contributed by atoms with Crippen molar-refractivity contribution in [3.8, 4) is 17.0 Å². The molecule has 1 N–H and O–H groups in total. The molecule has 0 amide bonds. The molecular weight excluding hydrogens is 276 g/mol. The first kappa shape index (κ1) is 14.4. The monoisotopic (exact) mass is 294 g/mol. The number of imidazole rings is 1. The molecule has 4 nitrogen and oxygen atoms in total. The Morgan fingerprint density at radius 1 is 1.05 bits per heavy atom. The first-order valence-corrected chi connectivity index (χ1v) is 7.15. The Kier molecular flexibility index (Phi) is 4.21. The summed E-state index contributed by atoms with van der Waals surface area (Å²) in [6.45, 7) is 0.586. The van der Waals surface area contributed by atoms with Crippen LogP contribution in [-0.2, 0) is 13.2 Å². The zero-order valence-corrected chi connectivity index (χ0v) is 12.4. The molecule has 3 rings (SSSR count). The molecule has 0 unspecified atom stereocenters. The molecule has 0 aliphatic carbocycles. The van der Waals surface area contributed by atoms with E-state index in [9.17, 15) is 5.11 Å². The number of hydrogen-bond acceptors (Lipinski definition) is 3. The van der Waals surface area contributed by atoms with Gasteiger partial charge < -0.3 is 14.4 Å². The Hall–Kier alpha value is -2.59. The normalized spacial score (nSPS) is 10.6. The Morgan fingerprint density at radius 3 is 2.41 bits per heavy atom. The van der Waals surface area contributed by atoms with Crippen molar-refractivity contribution < 1.29 is 9.84 Å². The molecule has 0 saturated heterocycles. The molecule has 0 spiro atoms. The van der Waals surface area contributed by atoms with Gasteiger partial charge in [-0.25, -0.2) is 4.98 Å². The van der Waals surface area contributed by atoms with E-state index in [1.54, 1.807) is 7.11 Å². The first-order chi connectivity index (χ1) is 10.8. The van der Waals surface area contributed by atoms with Gasteiger partial charge in [-0.3, -0.25) is 0 Å². The highest BCUT2D eigenvalue weighted by molar-refractivity contribution is 5.58. The summed E-state index contributed by atoms with van der Waals surface area (Å²) in [5.74, 6) is 1.50. The Bertz CT molecular complexity index is 734. The van der Waals surface area contributed by atoms with E-state index in [1.807, 2.05) is 65.4 Å². The number of aromatic nitrogens is 2. The quantitative estimate of drug-likeness (QED) is 0.786. The van der Waals surface area contributed by atoms with Gasteiger partial charge in [0.15, 0.2) is 0 Å². The van der Waals surface area contributed by atoms with Crippen molar-refractivity contribution in [2.24, 2.45) is 0 Å². The van der Waals surface area contributed by atoms with Crippen molar-refractivity contribution >= 4 is 0 Å². The highest BCUT2D eigenvalue weighted by atomic mass is 16.5. The molecule has 0 aliphatic heterocycles. The lowest BCUT2D eigenvalue weighted by Crippen LogP contribution is -2.04. The van der Waals surface area contributed by atoms with E-state index < -0.39 is 0 Å². The van der Waals surface area contributed by atoms with E-state index in [0.29, 0.717) is 12.4 Å². The third-order valence-electron chi connectivity index (χ3n) is 3.58. The number of rotatable bonds is 5. The van der Waals surface area contributed by atoms with E-state index in [1.165, 1.54) is 0 Å². The van der Waals surface area contributed by atoms with Crippen LogP contribution in [0, 0.1) is 0 Å². The van der Waals surface area contributed by atoms with Gasteiger partial charge in [-0.05, 0) is 17.7 Å². The second-order valence-electron chi connectivity index (χ2n) is 5.04. The molecule has 0 fully saturated rings. The summed E-state index contributed by atoms with van der Waals surface area (Å²) >= 11 is 0. The largest absolute Gasteiger partial charge is 0.497 e. The van der Waals surface area contributed by atoms with Gasteiger partial charge in [0.05, 0.1) is 12.8 Å². The minimum Gasteiger partial charge on any atom is -0.497 e. The summed E-state index contributed by atoms with van der Waals surface area (Å²) in [5, 5.41) is 9.54. The van der Waals surface area contributed by atoms with Crippen LogP contribution in [-0.4, -0.2) is 21.8 Å². The molecule has 112 valence electrons. The molecule has 3 aromatic rings. The highest BCUT2D eigenvalue weighted by Crippen LogP contribution is 2.20. The lowest BCUT2D eigenvalue weighted by atomic mass is 10.2. The maximum Gasteiger partial charge on any atom is 0.135 e. The van der Waals surface area contributed by atoms with Crippen LogP contribution in [0.3, 0.4) is 0 Å². The fourth-order valence-electron chi connectivity index (χ4n) is 2.39. The van der Waals surface area contributed by atoms with E-state index in [-0.39, 0.29) is 6.61 Å². The predicted molar refractivity (Wildman–Crippen MR) is 85.7 cm³/mol. The van der Waals surface area contributed by atoms with E-state index in [4.69, 9.17) is 4.74 Å². The molecule has 4 heteroatoms. The SMILES string of the molecule is COc1ccc(Cn2cc(-c3ccccc3)nc2CO)cc1. The second kappa shape index (κ2) is 6.45. The van der Waals surface area contributed by atoms with Gasteiger partial charge in [0, 0.05) is 18.3 Å².